The molecule has 0 radical (unpaired) electrons. The van der Waals surface area contributed by atoms with Gasteiger partial charge in [-0.25, -0.2) is 17.7 Å². The topological polar surface area (TPSA) is 79.5 Å². The van der Waals surface area contributed by atoms with Crippen LogP contribution < -0.4 is 5.73 Å². The van der Waals surface area contributed by atoms with E-state index in [0.717, 1.165) is 19.5 Å². The van der Waals surface area contributed by atoms with Crippen molar-refractivity contribution in [3.05, 3.63) is 17.3 Å². The Labute approximate surface area is 124 Å². The summed E-state index contributed by atoms with van der Waals surface area (Å²) in [4.78, 5) is 6.08. The molecule has 1 fully saturated rings. The summed E-state index contributed by atoms with van der Waals surface area (Å²) in [5.41, 5.74) is 5.50. The number of halogens is 1. The molecule has 0 amide bonds. The van der Waals surface area contributed by atoms with Crippen LogP contribution in [0.3, 0.4) is 0 Å². The van der Waals surface area contributed by atoms with Gasteiger partial charge in [-0.2, -0.15) is 0 Å². The summed E-state index contributed by atoms with van der Waals surface area (Å²) in [6.07, 6.45) is 2.25. The third kappa shape index (κ3) is 3.22. The standard InChI is InChI=1S/C12H19ClN4O2S/c1-16-4-3-9(7-16)8-17(2)20(18,19)10-5-11(13)12(14)15-6-10/h5-6,9H,3-4,7-8H2,1-2H3,(H2,14,15). The maximum Gasteiger partial charge on any atom is 0.244 e. The molecule has 20 heavy (non-hydrogen) atoms. The molecule has 1 atom stereocenters. The quantitative estimate of drug-likeness (QED) is 0.892. The molecule has 0 bridgehead atoms. The number of nitrogen functional groups attached to an aromatic ring is 1. The molecule has 6 nitrogen and oxygen atoms in total. The molecular weight excluding hydrogens is 300 g/mol. The Hall–Kier alpha value is -0.890. The summed E-state index contributed by atoms with van der Waals surface area (Å²) < 4.78 is 26.2. The second-order valence-corrected chi connectivity index (χ2v) is 7.69. The molecule has 112 valence electrons. The lowest BCUT2D eigenvalue weighted by molar-refractivity contribution is 0.356. The van der Waals surface area contributed by atoms with Crippen LogP contribution in [-0.4, -0.2) is 56.3 Å². The van der Waals surface area contributed by atoms with Crippen molar-refractivity contribution < 1.29 is 8.42 Å². The molecule has 2 N–H and O–H groups in total. The summed E-state index contributed by atoms with van der Waals surface area (Å²) in [7, 11) is 0.0502. The number of hydrogen-bond acceptors (Lipinski definition) is 5. The Morgan fingerprint density at radius 2 is 2.30 bits per heavy atom. The molecule has 2 rings (SSSR count). The van der Waals surface area contributed by atoms with E-state index in [9.17, 15) is 8.42 Å². The van der Waals surface area contributed by atoms with E-state index in [-0.39, 0.29) is 15.7 Å². The van der Waals surface area contributed by atoms with E-state index >= 15 is 0 Å². The van der Waals surface area contributed by atoms with Gasteiger partial charge in [0.1, 0.15) is 10.7 Å². The molecule has 8 heteroatoms. The van der Waals surface area contributed by atoms with Crippen molar-refractivity contribution in [1.29, 1.82) is 0 Å². The first-order valence-corrected chi connectivity index (χ1v) is 8.18. The minimum absolute atomic E-state index is 0.0746. The third-order valence-corrected chi connectivity index (χ3v) is 5.65. The molecular formula is C12H19ClN4O2S. The smallest absolute Gasteiger partial charge is 0.244 e. The Morgan fingerprint density at radius 1 is 1.60 bits per heavy atom. The summed E-state index contributed by atoms with van der Waals surface area (Å²) >= 11 is 5.84. The van der Waals surface area contributed by atoms with Gasteiger partial charge in [-0.15, -0.1) is 0 Å². The highest BCUT2D eigenvalue weighted by Gasteiger charge is 2.27. The molecule has 1 aromatic rings. The number of hydrogen-bond donors (Lipinski definition) is 1. The van der Waals surface area contributed by atoms with Crippen LogP contribution in [0.25, 0.3) is 0 Å². The van der Waals surface area contributed by atoms with Gasteiger partial charge in [-0.3, -0.25) is 0 Å². The molecule has 0 aromatic carbocycles. The van der Waals surface area contributed by atoms with Crippen LogP contribution >= 0.6 is 11.6 Å². The van der Waals surface area contributed by atoms with E-state index in [1.54, 1.807) is 7.05 Å². The third-order valence-electron chi connectivity index (χ3n) is 3.56. The van der Waals surface area contributed by atoms with Crippen molar-refractivity contribution in [2.45, 2.75) is 11.3 Å². The Bertz CT molecular complexity index is 593. The number of pyridine rings is 1. The molecule has 2 heterocycles. The van der Waals surface area contributed by atoms with Gasteiger partial charge in [0.15, 0.2) is 0 Å². The second kappa shape index (κ2) is 5.85. The van der Waals surface area contributed by atoms with Gasteiger partial charge >= 0.3 is 0 Å². The van der Waals surface area contributed by atoms with E-state index in [1.807, 2.05) is 7.05 Å². The molecule has 1 aromatic heterocycles. The predicted octanol–water partition coefficient (Wildman–Crippen LogP) is 0.889. The van der Waals surface area contributed by atoms with Gasteiger partial charge in [0.05, 0.1) is 5.02 Å². The van der Waals surface area contributed by atoms with Crippen molar-refractivity contribution in [3.63, 3.8) is 0 Å². The normalized spacial score (nSPS) is 20.7. The second-order valence-electron chi connectivity index (χ2n) is 5.24. The van der Waals surface area contributed by atoms with Gasteiger partial charge in [0, 0.05) is 26.3 Å². The summed E-state index contributed by atoms with van der Waals surface area (Å²) in [6, 6.07) is 1.34. The average molecular weight is 319 g/mol. The fourth-order valence-corrected chi connectivity index (χ4v) is 3.84. The first-order chi connectivity index (χ1) is 9.30. The van der Waals surface area contributed by atoms with E-state index in [1.165, 1.54) is 16.6 Å². The van der Waals surface area contributed by atoms with Gasteiger partial charge in [-0.1, -0.05) is 11.6 Å². The largest absolute Gasteiger partial charge is 0.382 e. The molecule has 0 saturated carbocycles. The molecule has 0 spiro atoms. The highest BCUT2D eigenvalue weighted by atomic mass is 35.5. The minimum Gasteiger partial charge on any atom is -0.382 e. The van der Waals surface area contributed by atoms with E-state index < -0.39 is 10.0 Å². The maximum atomic E-state index is 12.4. The number of likely N-dealkylation sites (tertiary alicyclic amines) is 1. The van der Waals surface area contributed by atoms with Crippen molar-refractivity contribution in [2.75, 3.05) is 39.5 Å². The Kier molecular flexibility index (Phi) is 4.53. The van der Waals surface area contributed by atoms with Crippen LogP contribution in [0.15, 0.2) is 17.2 Å². The fourth-order valence-electron chi connectivity index (χ4n) is 2.39. The van der Waals surface area contributed by atoms with Gasteiger partial charge in [0.25, 0.3) is 0 Å². The number of nitrogens with zero attached hydrogens (tertiary/aromatic N) is 3. The van der Waals surface area contributed by atoms with Crippen molar-refractivity contribution >= 4 is 27.4 Å². The highest BCUT2D eigenvalue weighted by Crippen LogP contribution is 2.23. The first-order valence-electron chi connectivity index (χ1n) is 6.36. The van der Waals surface area contributed by atoms with E-state index in [0.29, 0.717) is 12.5 Å². The lowest BCUT2D eigenvalue weighted by atomic mass is 10.1. The van der Waals surface area contributed by atoms with Crippen LogP contribution in [-0.2, 0) is 10.0 Å². The number of aromatic nitrogens is 1. The number of sulfonamides is 1. The summed E-state index contributed by atoms with van der Waals surface area (Å²) in [6.45, 7) is 2.42. The van der Waals surface area contributed by atoms with Crippen LogP contribution in [0, 0.1) is 5.92 Å². The molecule has 1 unspecified atom stereocenters. The first kappa shape index (κ1) is 15.5. The SMILES string of the molecule is CN1CCC(CN(C)S(=O)(=O)c2cnc(N)c(Cl)c2)C1. The molecule has 1 saturated heterocycles. The fraction of sp³-hybridized carbons (Fsp3) is 0.583. The lowest BCUT2D eigenvalue weighted by Gasteiger charge is -2.21. The minimum atomic E-state index is -3.57. The summed E-state index contributed by atoms with van der Waals surface area (Å²) in [5, 5.41) is 0.153. The number of nitrogens with two attached hydrogens (primary N) is 1. The zero-order valence-electron chi connectivity index (χ0n) is 11.6. The van der Waals surface area contributed by atoms with Crippen molar-refractivity contribution in [2.24, 2.45) is 5.92 Å². The Balaban J connectivity index is 2.14. The van der Waals surface area contributed by atoms with Crippen molar-refractivity contribution in [3.8, 4) is 0 Å². The zero-order chi connectivity index (χ0) is 14.9. The van der Waals surface area contributed by atoms with Gasteiger partial charge < -0.3 is 10.6 Å². The van der Waals surface area contributed by atoms with Gasteiger partial charge in [-0.05, 0) is 32.0 Å². The number of anilines is 1. The van der Waals surface area contributed by atoms with Crippen molar-refractivity contribution in [1.82, 2.24) is 14.2 Å². The predicted molar refractivity (Wildman–Crippen MR) is 79.1 cm³/mol. The monoisotopic (exact) mass is 318 g/mol. The number of rotatable bonds is 4. The van der Waals surface area contributed by atoms with Gasteiger partial charge in [0.2, 0.25) is 10.0 Å². The highest BCUT2D eigenvalue weighted by molar-refractivity contribution is 7.89. The molecule has 1 aliphatic heterocycles. The van der Waals surface area contributed by atoms with Crippen LogP contribution in [0.4, 0.5) is 5.82 Å². The summed E-state index contributed by atoms with van der Waals surface area (Å²) in [5.74, 6) is 0.489. The Morgan fingerprint density at radius 3 is 2.85 bits per heavy atom. The lowest BCUT2D eigenvalue weighted by Crippen LogP contribution is -2.33. The zero-order valence-corrected chi connectivity index (χ0v) is 13.2. The average Bonchev–Trinajstić information content (AvgIpc) is 2.78. The van der Waals surface area contributed by atoms with Crippen LogP contribution in [0.2, 0.25) is 5.02 Å². The van der Waals surface area contributed by atoms with E-state index in [4.69, 9.17) is 17.3 Å². The van der Waals surface area contributed by atoms with Crippen LogP contribution in [0.1, 0.15) is 6.42 Å². The molecule has 0 aliphatic carbocycles. The van der Waals surface area contributed by atoms with Crippen LogP contribution in [0.5, 0.6) is 0 Å². The van der Waals surface area contributed by atoms with E-state index in [2.05, 4.69) is 9.88 Å². The molecule has 1 aliphatic rings. The maximum absolute atomic E-state index is 12.4.